The van der Waals surface area contributed by atoms with Crippen LogP contribution in [0.1, 0.15) is 19.8 Å². The predicted molar refractivity (Wildman–Crippen MR) is 106 cm³/mol. The summed E-state index contributed by atoms with van der Waals surface area (Å²) < 4.78 is 0. The number of carbonyl (C=O) groups excluding carboxylic acids is 1. The van der Waals surface area contributed by atoms with Gasteiger partial charge in [-0.05, 0) is 31.9 Å². The Bertz CT molecular complexity index is 901. The SMILES string of the molecule is CCNC(=O)C1CCN(c2nc3ccc(-c4ccccc4)nc3s2)CC1. The van der Waals surface area contributed by atoms with Crippen molar-refractivity contribution in [2.45, 2.75) is 19.8 Å². The fraction of sp³-hybridized carbons (Fsp3) is 0.350. The summed E-state index contributed by atoms with van der Waals surface area (Å²) in [6.45, 7) is 4.40. The first-order chi connectivity index (χ1) is 12.7. The Kier molecular flexibility index (Phi) is 4.84. The zero-order valence-electron chi connectivity index (χ0n) is 14.8. The number of nitrogens with zero attached hydrogens (tertiary/aromatic N) is 3. The van der Waals surface area contributed by atoms with Gasteiger partial charge in [-0.25, -0.2) is 9.97 Å². The fourth-order valence-electron chi connectivity index (χ4n) is 3.36. The maximum atomic E-state index is 12.0. The Balaban J connectivity index is 1.51. The van der Waals surface area contributed by atoms with E-state index in [9.17, 15) is 4.79 Å². The van der Waals surface area contributed by atoms with E-state index in [1.54, 1.807) is 11.3 Å². The molecule has 4 rings (SSSR count). The van der Waals surface area contributed by atoms with Crippen molar-refractivity contribution in [1.82, 2.24) is 15.3 Å². The standard InChI is InChI=1S/C20H22N4OS/c1-2-21-18(25)15-10-12-24(13-11-15)20-23-17-9-8-16(22-19(17)26-20)14-6-4-3-5-7-14/h3-9,15H,2,10-13H2,1H3,(H,21,25). The average Bonchev–Trinajstić information content (AvgIpc) is 3.12. The van der Waals surface area contributed by atoms with Crippen LogP contribution in [0, 0.1) is 5.92 Å². The molecule has 0 bridgehead atoms. The number of nitrogens with one attached hydrogen (secondary N) is 1. The minimum atomic E-state index is 0.128. The molecule has 1 amide bonds. The van der Waals surface area contributed by atoms with E-state index in [4.69, 9.17) is 9.97 Å². The molecule has 0 radical (unpaired) electrons. The minimum Gasteiger partial charge on any atom is -0.356 e. The highest BCUT2D eigenvalue weighted by molar-refractivity contribution is 7.21. The van der Waals surface area contributed by atoms with Gasteiger partial charge in [-0.3, -0.25) is 4.79 Å². The molecule has 0 atom stereocenters. The number of rotatable bonds is 4. The molecule has 6 heteroatoms. The molecule has 134 valence electrons. The van der Waals surface area contributed by atoms with Gasteiger partial charge in [-0.1, -0.05) is 41.7 Å². The van der Waals surface area contributed by atoms with Crippen molar-refractivity contribution in [1.29, 1.82) is 0 Å². The molecule has 3 aromatic rings. The van der Waals surface area contributed by atoms with E-state index >= 15 is 0 Å². The summed E-state index contributed by atoms with van der Waals surface area (Å²) in [6, 6.07) is 14.3. The van der Waals surface area contributed by atoms with Crippen molar-refractivity contribution in [2.24, 2.45) is 5.92 Å². The van der Waals surface area contributed by atoms with Gasteiger partial charge in [0.05, 0.1) is 5.69 Å². The van der Waals surface area contributed by atoms with Crippen LogP contribution in [-0.4, -0.2) is 35.5 Å². The van der Waals surface area contributed by atoms with Gasteiger partial charge in [0.1, 0.15) is 10.3 Å². The van der Waals surface area contributed by atoms with Crippen molar-refractivity contribution in [3.8, 4) is 11.3 Å². The Hall–Kier alpha value is -2.47. The Morgan fingerprint density at radius 3 is 2.65 bits per heavy atom. The van der Waals surface area contributed by atoms with Crippen molar-refractivity contribution >= 4 is 32.7 Å². The quantitative estimate of drug-likeness (QED) is 0.765. The minimum absolute atomic E-state index is 0.128. The second-order valence-corrected chi connectivity index (χ2v) is 7.50. The number of fused-ring (bicyclic) bond motifs is 1. The monoisotopic (exact) mass is 366 g/mol. The van der Waals surface area contributed by atoms with Gasteiger partial charge in [0, 0.05) is 31.1 Å². The highest BCUT2D eigenvalue weighted by Crippen LogP contribution is 2.32. The molecule has 3 heterocycles. The van der Waals surface area contributed by atoms with Gasteiger partial charge < -0.3 is 10.2 Å². The van der Waals surface area contributed by atoms with E-state index in [2.05, 4.69) is 22.3 Å². The molecule has 1 fully saturated rings. The molecule has 0 unspecified atom stereocenters. The molecule has 1 aliphatic heterocycles. The van der Waals surface area contributed by atoms with E-state index in [0.717, 1.165) is 52.7 Å². The third-order valence-electron chi connectivity index (χ3n) is 4.80. The van der Waals surface area contributed by atoms with Crippen LogP contribution in [0.4, 0.5) is 5.13 Å². The third kappa shape index (κ3) is 3.42. The summed E-state index contributed by atoms with van der Waals surface area (Å²) in [5, 5.41) is 3.94. The molecule has 1 saturated heterocycles. The molecular formula is C20H22N4OS. The molecule has 2 aromatic heterocycles. The number of hydrogen-bond acceptors (Lipinski definition) is 5. The van der Waals surface area contributed by atoms with Gasteiger partial charge in [-0.2, -0.15) is 0 Å². The van der Waals surface area contributed by atoms with Crippen LogP contribution in [0.5, 0.6) is 0 Å². The fourth-order valence-corrected chi connectivity index (χ4v) is 4.35. The number of benzene rings is 1. The molecule has 0 aliphatic carbocycles. The zero-order chi connectivity index (χ0) is 17.9. The number of anilines is 1. The number of amides is 1. The van der Waals surface area contributed by atoms with Gasteiger partial charge in [0.2, 0.25) is 5.91 Å². The Labute approximate surface area is 157 Å². The maximum absolute atomic E-state index is 12.0. The van der Waals surface area contributed by atoms with Gasteiger partial charge >= 0.3 is 0 Å². The number of piperidine rings is 1. The lowest BCUT2D eigenvalue weighted by Crippen LogP contribution is -2.40. The summed E-state index contributed by atoms with van der Waals surface area (Å²) in [4.78, 5) is 24.8. The van der Waals surface area contributed by atoms with Crippen LogP contribution in [0.25, 0.3) is 21.6 Å². The largest absolute Gasteiger partial charge is 0.356 e. The van der Waals surface area contributed by atoms with E-state index in [1.807, 2.05) is 37.3 Å². The lowest BCUT2D eigenvalue weighted by Gasteiger charge is -2.30. The number of hydrogen-bond donors (Lipinski definition) is 1. The summed E-state index contributed by atoms with van der Waals surface area (Å²) >= 11 is 1.64. The van der Waals surface area contributed by atoms with Crippen LogP contribution < -0.4 is 10.2 Å². The van der Waals surface area contributed by atoms with E-state index in [0.29, 0.717) is 6.54 Å². The van der Waals surface area contributed by atoms with E-state index in [-0.39, 0.29) is 11.8 Å². The number of aromatic nitrogens is 2. The predicted octanol–water partition coefficient (Wildman–Crippen LogP) is 3.71. The molecule has 0 saturated carbocycles. The lowest BCUT2D eigenvalue weighted by atomic mass is 9.96. The average molecular weight is 366 g/mol. The Morgan fingerprint density at radius 2 is 1.92 bits per heavy atom. The molecule has 0 spiro atoms. The van der Waals surface area contributed by atoms with Gasteiger partial charge in [0.25, 0.3) is 0 Å². The van der Waals surface area contributed by atoms with Crippen LogP contribution >= 0.6 is 11.3 Å². The first-order valence-electron chi connectivity index (χ1n) is 9.10. The molecule has 1 aliphatic rings. The first kappa shape index (κ1) is 17.0. The second kappa shape index (κ2) is 7.41. The van der Waals surface area contributed by atoms with E-state index in [1.165, 1.54) is 0 Å². The van der Waals surface area contributed by atoms with Crippen LogP contribution in [0.2, 0.25) is 0 Å². The second-order valence-electron chi connectivity index (χ2n) is 6.54. The van der Waals surface area contributed by atoms with Crippen molar-refractivity contribution in [3.63, 3.8) is 0 Å². The van der Waals surface area contributed by atoms with Crippen LogP contribution in [-0.2, 0) is 4.79 Å². The van der Waals surface area contributed by atoms with Crippen molar-refractivity contribution < 1.29 is 4.79 Å². The maximum Gasteiger partial charge on any atom is 0.223 e. The molecular weight excluding hydrogens is 344 g/mol. The smallest absolute Gasteiger partial charge is 0.223 e. The topological polar surface area (TPSA) is 58.1 Å². The van der Waals surface area contributed by atoms with Gasteiger partial charge in [-0.15, -0.1) is 0 Å². The molecule has 1 aromatic carbocycles. The molecule has 26 heavy (non-hydrogen) atoms. The van der Waals surface area contributed by atoms with Crippen LogP contribution in [0.3, 0.4) is 0 Å². The Morgan fingerprint density at radius 1 is 1.15 bits per heavy atom. The van der Waals surface area contributed by atoms with Gasteiger partial charge in [0.15, 0.2) is 5.13 Å². The number of carbonyl (C=O) groups is 1. The normalized spacial score (nSPS) is 15.3. The van der Waals surface area contributed by atoms with Crippen molar-refractivity contribution in [3.05, 3.63) is 42.5 Å². The molecule has 1 N–H and O–H groups in total. The number of pyridine rings is 1. The molecule has 5 nitrogen and oxygen atoms in total. The highest BCUT2D eigenvalue weighted by atomic mass is 32.1. The summed E-state index contributed by atoms with van der Waals surface area (Å²) in [7, 11) is 0. The summed E-state index contributed by atoms with van der Waals surface area (Å²) in [5.41, 5.74) is 3.03. The number of thiazole rings is 1. The van der Waals surface area contributed by atoms with Crippen molar-refractivity contribution in [2.75, 3.05) is 24.5 Å². The summed E-state index contributed by atoms with van der Waals surface area (Å²) in [5.74, 6) is 0.314. The highest BCUT2D eigenvalue weighted by Gasteiger charge is 2.26. The van der Waals surface area contributed by atoms with Crippen LogP contribution in [0.15, 0.2) is 42.5 Å². The lowest BCUT2D eigenvalue weighted by molar-refractivity contribution is -0.125. The van der Waals surface area contributed by atoms with E-state index < -0.39 is 0 Å². The third-order valence-corrected chi connectivity index (χ3v) is 5.83. The zero-order valence-corrected chi connectivity index (χ0v) is 15.6. The first-order valence-corrected chi connectivity index (χ1v) is 9.92. The summed E-state index contributed by atoms with van der Waals surface area (Å²) in [6.07, 6.45) is 1.76.